The van der Waals surface area contributed by atoms with E-state index in [1.165, 1.54) is 22.3 Å². The van der Waals surface area contributed by atoms with Crippen molar-refractivity contribution < 1.29 is 4.79 Å². The maximum absolute atomic E-state index is 11.9. The van der Waals surface area contributed by atoms with E-state index in [1.807, 2.05) is 35.7 Å². The van der Waals surface area contributed by atoms with Gasteiger partial charge in [-0.3, -0.25) is 10.1 Å². The molecule has 1 amide bonds. The van der Waals surface area contributed by atoms with Gasteiger partial charge in [-0.2, -0.15) is 0 Å². The first-order chi connectivity index (χ1) is 11.7. The molecule has 3 rings (SSSR count). The van der Waals surface area contributed by atoms with Crippen LogP contribution in [-0.2, 0) is 11.3 Å². The summed E-state index contributed by atoms with van der Waals surface area (Å²) in [5, 5.41) is 17.5. The van der Waals surface area contributed by atoms with Gasteiger partial charge >= 0.3 is 0 Å². The van der Waals surface area contributed by atoms with Gasteiger partial charge in [-0.05, 0) is 29.2 Å². The molecule has 0 bridgehead atoms. The van der Waals surface area contributed by atoms with Crippen LogP contribution in [0.2, 0.25) is 5.02 Å². The number of carbonyl (C=O) groups excluding carboxylic acids is 1. The Kier molecular flexibility index (Phi) is 5.58. The molecular formula is C16H13ClN4OS2. The highest BCUT2D eigenvalue weighted by Gasteiger charge is 2.06. The van der Waals surface area contributed by atoms with Crippen LogP contribution >= 0.6 is 34.3 Å². The van der Waals surface area contributed by atoms with Crippen molar-refractivity contribution in [2.75, 3.05) is 10.6 Å². The molecule has 2 heterocycles. The first-order valence-corrected chi connectivity index (χ1v) is 9.11. The average molecular weight is 377 g/mol. The second-order valence-electron chi connectivity index (χ2n) is 4.69. The highest BCUT2D eigenvalue weighted by molar-refractivity contribution is 7.19. The zero-order valence-corrected chi connectivity index (χ0v) is 14.8. The summed E-state index contributed by atoms with van der Waals surface area (Å²) < 4.78 is 0. The lowest BCUT2D eigenvalue weighted by Gasteiger charge is -1.98. The zero-order valence-electron chi connectivity index (χ0n) is 12.4. The zero-order chi connectivity index (χ0) is 16.8. The monoisotopic (exact) mass is 376 g/mol. The summed E-state index contributed by atoms with van der Waals surface area (Å²) in [5.41, 5.74) is 0.782. The van der Waals surface area contributed by atoms with Crippen LogP contribution in [0.4, 0.5) is 10.3 Å². The number of aromatic nitrogens is 2. The number of benzene rings is 1. The summed E-state index contributed by atoms with van der Waals surface area (Å²) in [6.07, 6.45) is 3.08. The summed E-state index contributed by atoms with van der Waals surface area (Å²) in [6, 6.07) is 11.4. The molecule has 5 nitrogen and oxygen atoms in total. The van der Waals surface area contributed by atoms with Gasteiger partial charge in [-0.15, -0.1) is 21.5 Å². The molecule has 0 spiro atoms. The van der Waals surface area contributed by atoms with Crippen LogP contribution in [0.3, 0.4) is 0 Å². The third-order valence-corrected chi connectivity index (χ3v) is 4.99. The predicted octanol–water partition coefficient (Wildman–Crippen LogP) is 4.52. The summed E-state index contributed by atoms with van der Waals surface area (Å²) >= 11 is 8.99. The lowest BCUT2D eigenvalue weighted by molar-refractivity contribution is -0.111. The van der Waals surface area contributed by atoms with E-state index in [4.69, 9.17) is 11.6 Å². The minimum atomic E-state index is -0.282. The second kappa shape index (κ2) is 8.05. The lowest BCUT2D eigenvalue weighted by atomic mass is 10.2. The van der Waals surface area contributed by atoms with E-state index in [0.29, 0.717) is 21.8 Å². The molecule has 0 fully saturated rings. The van der Waals surface area contributed by atoms with Crippen LogP contribution in [0.1, 0.15) is 10.4 Å². The molecule has 2 aromatic heterocycles. The van der Waals surface area contributed by atoms with Crippen molar-refractivity contribution in [3.05, 3.63) is 63.3 Å². The second-order valence-corrected chi connectivity index (χ2v) is 7.11. The topological polar surface area (TPSA) is 66.9 Å². The number of nitrogens with one attached hydrogen (secondary N) is 2. The molecule has 1 aromatic carbocycles. The van der Waals surface area contributed by atoms with Crippen molar-refractivity contribution >= 4 is 56.5 Å². The maximum atomic E-state index is 11.9. The molecule has 0 aliphatic heterocycles. The van der Waals surface area contributed by atoms with Crippen molar-refractivity contribution in [3.63, 3.8) is 0 Å². The fourth-order valence-corrected chi connectivity index (χ4v) is 3.33. The minimum Gasteiger partial charge on any atom is -0.355 e. The normalized spacial score (nSPS) is 10.9. The third-order valence-electron chi connectivity index (χ3n) is 2.97. The summed E-state index contributed by atoms with van der Waals surface area (Å²) in [7, 11) is 0. The van der Waals surface area contributed by atoms with Gasteiger partial charge in [0, 0.05) is 16.0 Å². The largest absolute Gasteiger partial charge is 0.355 e. The Morgan fingerprint density at radius 2 is 2.00 bits per heavy atom. The fraction of sp³-hybridized carbons (Fsp3) is 0.0625. The van der Waals surface area contributed by atoms with Crippen LogP contribution in [0.25, 0.3) is 6.08 Å². The molecule has 0 aliphatic carbocycles. The Balaban J connectivity index is 1.54. The molecule has 2 N–H and O–H groups in total. The van der Waals surface area contributed by atoms with Crippen LogP contribution in [-0.4, -0.2) is 16.1 Å². The predicted molar refractivity (Wildman–Crippen MR) is 101 cm³/mol. The molecule has 0 aliphatic rings. The fourth-order valence-electron chi connectivity index (χ4n) is 1.84. The van der Waals surface area contributed by atoms with Crippen molar-refractivity contribution in [2.24, 2.45) is 0 Å². The molecule has 122 valence electrons. The number of halogens is 1. The van der Waals surface area contributed by atoms with Gasteiger partial charge in [0.2, 0.25) is 16.2 Å². The standard InChI is InChI=1S/C16H13ClN4OS2/c17-13-6-2-1-4-11(13)7-8-14(22)19-16-21-20-15(24-16)18-10-12-5-3-9-23-12/h1-9H,10H2,(H,18,20)(H,19,21,22)/b8-7+. The van der Waals surface area contributed by atoms with Crippen LogP contribution in [0.15, 0.2) is 47.9 Å². The van der Waals surface area contributed by atoms with Gasteiger partial charge in [0.05, 0.1) is 6.54 Å². The van der Waals surface area contributed by atoms with Crippen molar-refractivity contribution in [1.29, 1.82) is 0 Å². The van der Waals surface area contributed by atoms with Gasteiger partial charge in [0.15, 0.2) is 0 Å². The molecule has 0 unspecified atom stereocenters. The third kappa shape index (κ3) is 4.64. The van der Waals surface area contributed by atoms with E-state index in [0.717, 1.165) is 5.56 Å². The van der Waals surface area contributed by atoms with E-state index in [2.05, 4.69) is 20.8 Å². The van der Waals surface area contributed by atoms with E-state index in [-0.39, 0.29) is 5.91 Å². The van der Waals surface area contributed by atoms with Gasteiger partial charge in [0.25, 0.3) is 0 Å². The molecule has 0 radical (unpaired) electrons. The average Bonchev–Trinajstić information content (AvgIpc) is 3.24. The molecule has 0 saturated heterocycles. The summed E-state index contributed by atoms with van der Waals surface area (Å²) in [5.74, 6) is -0.282. The lowest BCUT2D eigenvalue weighted by Crippen LogP contribution is -2.07. The summed E-state index contributed by atoms with van der Waals surface area (Å²) in [6.45, 7) is 0.687. The first kappa shape index (κ1) is 16.6. The molecule has 0 atom stereocenters. The molecular weight excluding hydrogens is 364 g/mol. The van der Waals surface area contributed by atoms with Crippen LogP contribution in [0, 0.1) is 0 Å². The Bertz CT molecular complexity index is 845. The Labute approximate surface area is 152 Å². The number of amides is 1. The SMILES string of the molecule is O=C(/C=C/c1ccccc1Cl)Nc1nnc(NCc2cccs2)s1. The first-order valence-electron chi connectivity index (χ1n) is 7.04. The van der Waals surface area contributed by atoms with E-state index < -0.39 is 0 Å². The van der Waals surface area contributed by atoms with Crippen LogP contribution < -0.4 is 10.6 Å². The van der Waals surface area contributed by atoms with Crippen LogP contribution in [0.5, 0.6) is 0 Å². The maximum Gasteiger partial charge on any atom is 0.250 e. The highest BCUT2D eigenvalue weighted by atomic mass is 35.5. The van der Waals surface area contributed by atoms with Gasteiger partial charge < -0.3 is 5.32 Å². The number of nitrogens with zero attached hydrogens (tertiary/aromatic N) is 2. The molecule has 8 heteroatoms. The summed E-state index contributed by atoms with van der Waals surface area (Å²) in [4.78, 5) is 13.1. The number of hydrogen-bond donors (Lipinski definition) is 2. The highest BCUT2D eigenvalue weighted by Crippen LogP contribution is 2.21. The number of hydrogen-bond acceptors (Lipinski definition) is 6. The Hall–Kier alpha value is -2.22. The van der Waals surface area contributed by atoms with Crippen molar-refractivity contribution in [3.8, 4) is 0 Å². The molecule has 0 saturated carbocycles. The van der Waals surface area contributed by atoms with Crippen molar-refractivity contribution in [1.82, 2.24) is 10.2 Å². The van der Waals surface area contributed by atoms with Gasteiger partial charge in [-0.25, -0.2) is 0 Å². The van der Waals surface area contributed by atoms with Crippen molar-refractivity contribution in [2.45, 2.75) is 6.54 Å². The Morgan fingerprint density at radius 1 is 1.17 bits per heavy atom. The molecule has 24 heavy (non-hydrogen) atoms. The van der Waals surface area contributed by atoms with E-state index in [9.17, 15) is 4.79 Å². The van der Waals surface area contributed by atoms with E-state index >= 15 is 0 Å². The number of anilines is 2. The molecule has 3 aromatic rings. The minimum absolute atomic E-state index is 0.282. The quantitative estimate of drug-likeness (QED) is 0.621. The number of carbonyl (C=O) groups is 1. The number of thiophene rings is 1. The van der Waals surface area contributed by atoms with E-state index in [1.54, 1.807) is 23.5 Å². The van der Waals surface area contributed by atoms with Gasteiger partial charge in [-0.1, -0.05) is 47.2 Å². The smallest absolute Gasteiger partial charge is 0.250 e. The Morgan fingerprint density at radius 3 is 2.79 bits per heavy atom. The number of rotatable bonds is 6. The van der Waals surface area contributed by atoms with Gasteiger partial charge in [0.1, 0.15) is 0 Å².